The molecule has 15 heavy (non-hydrogen) atoms. The van der Waals surface area contributed by atoms with Crippen molar-refractivity contribution in [3.63, 3.8) is 0 Å². The Morgan fingerprint density at radius 1 is 1.47 bits per heavy atom. The first-order valence-electron chi connectivity index (χ1n) is 5.51. The summed E-state index contributed by atoms with van der Waals surface area (Å²) in [6.45, 7) is 4.36. The van der Waals surface area contributed by atoms with Gasteiger partial charge in [0.1, 0.15) is 0 Å². The second kappa shape index (κ2) is 5.68. The van der Waals surface area contributed by atoms with Crippen LogP contribution < -0.4 is 11.1 Å². The summed E-state index contributed by atoms with van der Waals surface area (Å²) in [6.07, 6.45) is 2.09. The van der Waals surface area contributed by atoms with Gasteiger partial charge in [-0.3, -0.25) is 4.79 Å². The molecule has 2 atom stereocenters. The van der Waals surface area contributed by atoms with Gasteiger partial charge in [-0.1, -0.05) is 0 Å². The van der Waals surface area contributed by atoms with Crippen LogP contribution in [0.3, 0.4) is 0 Å². The molecule has 2 fully saturated rings. The number of amides is 1. The number of carbonyl (C=O) groups excluding carboxylic acids is 1. The molecule has 0 bridgehead atoms. The van der Waals surface area contributed by atoms with Crippen LogP contribution in [0.25, 0.3) is 0 Å². The van der Waals surface area contributed by atoms with Crippen LogP contribution in [0.15, 0.2) is 0 Å². The Hall–Kier alpha value is -0.320. The average Bonchev–Trinajstić information content (AvgIpc) is 2.88. The van der Waals surface area contributed by atoms with E-state index in [0.29, 0.717) is 18.4 Å². The molecule has 1 amide bonds. The van der Waals surface area contributed by atoms with Gasteiger partial charge in [0.2, 0.25) is 5.91 Å². The van der Waals surface area contributed by atoms with Crippen LogP contribution in [-0.4, -0.2) is 43.5 Å². The Balaban J connectivity index is 0.00000112. The van der Waals surface area contributed by atoms with E-state index in [1.807, 2.05) is 4.90 Å². The van der Waals surface area contributed by atoms with Gasteiger partial charge in [0.25, 0.3) is 0 Å². The summed E-state index contributed by atoms with van der Waals surface area (Å²) in [4.78, 5) is 13.9. The first-order chi connectivity index (χ1) is 6.81. The highest BCUT2D eigenvalue weighted by Crippen LogP contribution is 2.19. The van der Waals surface area contributed by atoms with Crippen LogP contribution in [-0.2, 0) is 4.79 Å². The molecule has 3 N–H and O–H groups in total. The van der Waals surface area contributed by atoms with Crippen molar-refractivity contribution in [2.75, 3.05) is 32.7 Å². The van der Waals surface area contributed by atoms with Gasteiger partial charge in [0, 0.05) is 19.6 Å². The Morgan fingerprint density at radius 2 is 2.27 bits per heavy atom. The normalized spacial score (nSPS) is 30.3. The summed E-state index contributed by atoms with van der Waals surface area (Å²) in [5, 5.41) is 3.23. The van der Waals surface area contributed by atoms with E-state index in [4.69, 9.17) is 5.73 Å². The van der Waals surface area contributed by atoms with E-state index in [0.717, 1.165) is 39.0 Å². The van der Waals surface area contributed by atoms with Gasteiger partial charge in [-0.25, -0.2) is 0 Å². The minimum Gasteiger partial charge on any atom is -0.342 e. The van der Waals surface area contributed by atoms with Crippen molar-refractivity contribution in [3.05, 3.63) is 0 Å². The van der Waals surface area contributed by atoms with Gasteiger partial charge < -0.3 is 16.0 Å². The fourth-order valence-electron chi connectivity index (χ4n) is 2.35. The molecule has 2 unspecified atom stereocenters. The molecule has 0 aromatic heterocycles. The average molecular weight is 234 g/mol. The number of rotatable bonds is 2. The zero-order chi connectivity index (χ0) is 9.97. The molecule has 2 aliphatic rings. The summed E-state index contributed by atoms with van der Waals surface area (Å²) < 4.78 is 0. The minimum absolute atomic E-state index is 0. The van der Waals surface area contributed by atoms with Crippen molar-refractivity contribution in [1.29, 1.82) is 0 Å². The summed E-state index contributed by atoms with van der Waals surface area (Å²) in [5.41, 5.74) is 5.60. The molecule has 0 aliphatic carbocycles. The van der Waals surface area contributed by atoms with E-state index in [1.165, 1.54) is 0 Å². The van der Waals surface area contributed by atoms with Crippen molar-refractivity contribution >= 4 is 18.3 Å². The molecule has 4 nitrogen and oxygen atoms in total. The zero-order valence-corrected chi connectivity index (χ0v) is 9.76. The summed E-state index contributed by atoms with van der Waals surface area (Å²) in [5.74, 6) is 1.10. The van der Waals surface area contributed by atoms with Gasteiger partial charge >= 0.3 is 0 Å². The van der Waals surface area contributed by atoms with Gasteiger partial charge in [-0.2, -0.15) is 0 Å². The van der Waals surface area contributed by atoms with E-state index in [2.05, 4.69) is 5.32 Å². The van der Waals surface area contributed by atoms with Crippen LogP contribution in [0.4, 0.5) is 0 Å². The van der Waals surface area contributed by atoms with Crippen LogP contribution in [0.1, 0.15) is 12.8 Å². The largest absolute Gasteiger partial charge is 0.342 e. The topological polar surface area (TPSA) is 58.4 Å². The fourth-order valence-corrected chi connectivity index (χ4v) is 2.35. The molecule has 0 spiro atoms. The summed E-state index contributed by atoms with van der Waals surface area (Å²) in [6, 6.07) is 0. The van der Waals surface area contributed by atoms with Crippen molar-refractivity contribution in [1.82, 2.24) is 10.2 Å². The van der Waals surface area contributed by atoms with E-state index >= 15 is 0 Å². The Labute approximate surface area is 97.0 Å². The molecule has 5 heteroatoms. The van der Waals surface area contributed by atoms with E-state index in [-0.39, 0.29) is 18.3 Å². The Bertz CT molecular complexity index is 219. The summed E-state index contributed by atoms with van der Waals surface area (Å²) >= 11 is 0. The molecule has 0 saturated carbocycles. The van der Waals surface area contributed by atoms with Gasteiger partial charge in [-0.05, 0) is 31.8 Å². The zero-order valence-electron chi connectivity index (χ0n) is 8.95. The van der Waals surface area contributed by atoms with E-state index in [9.17, 15) is 4.79 Å². The number of hydrogen-bond acceptors (Lipinski definition) is 3. The van der Waals surface area contributed by atoms with E-state index < -0.39 is 0 Å². The van der Waals surface area contributed by atoms with Crippen molar-refractivity contribution in [2.45, 2.75) is 12.8 Å². The number of carbonyl (C=O) groups is 1. The molecule has 0 radical (unpaired) electrons. The molecular formula is C10H20ClN3O. The Kier molecular flexibility index (Phi) is 4.83. The number of halogens is 1. The third-order valence-electron chi connectivity index (χ3n) is 3.34. The first-order valence-corrected chi connectivity index (χ1v) is 5.51. The maximum atomic E-state index is 12.0. The highest BCUT2D eigenvalue weighted by atomic mass is 35.5. The molecule has 2 heterocycles. The molecule has 2 rings (SSSR count). The minimum atomic E-state index is 0. The third-order valence-corrected chi connectivity index (χ3v) is 3.34. The summed E-state index contributed by atoms with van der Waals surface area (Å²) in [7, 11) is 0. The van der Waals surface area contributed by atoms with Gasteiger partial charge in [0.05, 0.1) is 5.92 Å². The monoisotopic (exact) mass is 233 g/mol. The lowest BCUT2D eigenvalue weighted by Crippen LogP contribution is -2.35. The van der Waals surface area contributed by atoms with Crippen molar-refractivity contribution < 1.29 is 4.79 Å². The van der Waals surface area contributed by atoms with Crippen LogP contribution in [0, 0.1) is 11.8 Å². The molecule has 2 aliphatic heterocycles. The van der Waals surface area contributed by atoms with E-state index in [1.54, 1.807) is 0 Å². The fraction of sp³-hybridized carbons (Fsp3) is 0.900. The lowest BCUT2D eigenvalue weighted by atomic mass is 10.1. The second-order valence-corrected chi connectivity index (χ2v) is 4.36. The SMILES string of the molecule is Cl.NCC1CCN(C(=O)C2CCNC2)C1. The smallest absolute Gasteiger partial charge is 0.227 e. The van der Waals surface area contributed by atoms with Crippen molar-refractivity contribution in [2.24, 2.45) is 17.6 Å². The molecule has 2 saturated heterocycles. The molecular weight excluding hydrogens is 214 g/mol. The highest BCUT2D eigenvalue weighted by Gasteiger charge is 2.31. The number of nitrogens with one attached hydrogen (secondary N) is 1. The molecule has 0 aromatic carbocycles. The Morgan fingerprint density at radius 3 is 2.80 bits per heavy atom. The second-order valence-electron chi connectivity index (χ2n) is 4.36. The van der Waals surface area contributed by atoms with Crippen LogP contribution in [0.2, 0.25) is 0 Å². The maximum Gasteiger partial charge on any atom is 0.227 e. The number of likely N-dealkylation sites (tertiary alicyclic amines) is 1. The van der Waals surface area contributed by atoms with Crippen LogP contribution >= 0.6 is 12.4 Å². The lowest BCUT2D eigenvalue weighted by Gasteiger charge is -2.19. The lowest BCUT2D eigenvalue weighted by molar-refractivity contribution is -0.133. The quantitative estimate of drug-likeness (QED) is 0.696. The number of nitrogens with two attached hydrogens (primary N) is 1. The van der Waals surface area contributed by atoms with Gasteiger partial charge in [-0.15, -0.1) is 12.4 Å². The molecule has 0 aromatic rings. The maximum absolute atomic E-state index is 12.0. The van der Waals surface area contributed by atoms with Crippen molar-refractivity contribution in [3.8, 4) is 0 Å². The highest BCUT2D eigenvalue weighted by molar-refractivity contribution is 5.85. The standard InChI is InChI=1S/C10H19N3O.ClH/c11-5-8-2-4-13(7-8)10(14)9-1-3-12-6-9;/h8-9,12H,1-7,11H2;1H. The predicted molar refractivity (Wildman–Crippen MR) is 62.0 cm³/mol. The third kappa shape index (κ3) is 2.83. The first kappa shape index (κ1) is 12.7. The molecule has 88 valence electrons. The number of nitrogens with zero attached hydrogens (tertiary/aromatic N) is 1. The van der Waals surface area contributed by atoms with Crippen LogP contribution in [0.5, 0.6) is 0 Å². The van der Waals surface area contributed by atoms with Gasteiger partial charge in [0.15, 0.2) is 0 Å². The number of hydrogen-bond donors (Lipinski definition) is 2. The predicted octanol–water partition coefficient (Wildman–Crippen LogP) is -0.175.